The fourth-order valence-electron chi connectivity index (χ4n) is 1.80. The van der Waals surface area contributed by atoms with Crippen molar-refractivity contribution in [2.45, 2.75) is 38.8 Å². The molecule has 3 N–H and O–H groups in total. The van der Waals surface area contributed by atoms with Gasteiger partial charge in [0, 0.05) is 24.1 Å². The second kappa shape index (κ2) is 6.17. The van der Waals surface area contributed by atoms with E-state index < -0.39 is 0 Å². The van der Waals surface area contributed by atoms with Crippen LogP contribution in [-0.2, 0) is 0 Å². The number of terminal acetylenes is 1. The zero-order chi connectivity index (χ0) is 12.8. The van der Waals surface area contributed by atoms with Crippen molar-refractivity contribution in [1.82, 2.24) is 5.32 Å². The van der Waals surface area contributed by atoms with E-state index in [2.05, 4.69) is 18.2 Å². The summed E-state index contributed by atoms with van der Waals surface area (Å²) in [6.45, 7) is 4.00. The van der Waals surface area contributed by atoms with Crippen LogP contribution >= 0.6 is 0 Å². The topological polar surface area (TPSA) is 52.5 Å². The van der Waals surface area contributed by atoms with Crippen LogP contribution in [0, 0.1) is 12.3 Å². The Bertz CT molecular complexity index is 409. The lowest BCUT2D eigenvalue weighted by Crippen LogP contribution is -2.30. The Morgan fingerprint density at radius 3 is 2.71 bits per heavy atom. The van der Waals surface area contributed by atoms with Gasteiger partial charge in [0.05, 0.1) is 0 Å². The molecule has 0 radical (unpaired) electrons. The first-order valence-electron chi connectivity index (χ1n) is 5.79. The highest BCUT2D eigenvalue weighted by Crippen LogP contribution is 2.28. The molecule has 0 amide bonds. The Labute approximate surface area is 102 Å². The average Bonchev–Trinajstić information content (AvgIpc) is 2.31. The Morgan fingerprint density at radius 1 is 1.41 bits per heavy atom. The van der Waals surface area contributed by atoms with Gasteiger partial charge in [0.15, 0.2) is 0 Å². The number of benzene rings is 1. The predicted molar refractivity (Wildman–Crippen MR) is 68.9 cm³/mol. The molecule has 0 spiro atoms. The monoisotopic (exact) mass is 233 g/mol. The van der Waals surface area contributed by atoms with Crippen LogP contribution in [0.4, 0.5) is 0 Å². The van der Waals surface area contributed by atoms with E-state index in [0.29, 0.717) is 12.0 Å². The first kappa shape index (κ1) is 13.4. The van der Waals surface area contributed by atoms with Crippen molar-refractivity contribution in [3.8, 4) is 23.8 Å². The summed E-state index contributed by atoms with van der Waals surface area (Å²) < 4.78 is 0. The van der Waals surface area contributed by atoms with E-state index in [-0.39, 0.29) is 23.6 Å². The van der Waals surface area contributed by atoms with Crippen molar-refractivity contribution in [2.75, 3.05) is 0 Å². The van der Waals surface area contributed by atoms with E-state index in [1.54, 1.807) is 6.07 Å². The van der Waals surface area contributed by atoms with Crippen molar-refractivity contribution >= 4 is 0 Å². The molecular formula is C14H19NO2. The summed E-state index contributed by atoms with van der Waals surface area (Å²) in [4.78, 5) is 0. The van der Waals surface area contributed by atoms with Gasteiger partial charge in [-0.2, -0.15) is 0 Å². The van der Waals surface area contributed by atoms with Crippen LogP contribution < -0.4 is 5.32 Å². The molecule has 3 heteroatoms. The van der Waals surface area contributed by atoms with Crippen LogP contribution in [0.25, 0.3) is 0 Å². The predicted octanol–water partition coefficient (Wildman–Crippen LogP) is 2.55. The first-order valence-corrected chi connectivity index (χ1v) is 5.79. The Balaban J connectivity index is 2.78. The van der Waals surface area contributed by atoms with Gasteiger partial charge in [-0.25, -0.2) is 0 Å². The van der Waals surface area contributed by atoms with E-state index in [9.17, 15) is 10.2 Å². The van der Waals surface area contributed by atoms with Crippen LogP contribution in [0.5, 0.6) is 11.5 Å². The minimum atomic E-state index is -0.0552. The highest BCUT2D eigenvalue weighted by Gasteiger charge is 2.14. The smallest absolute Gasteiger partial charge is 0.120 e. The molecule has 0 heterocycles. The van der Waals surface area contributed by atoms with Gasteiger partial charge in [-0.05, 0) is 31.5 Å². The molecule has 1 rings (SSSR count). The third kappa shape index (κ3) is 3.69. The van der Waals surface area contributed by atoms with E-state index in [4.69, 9.17) is 6.42 Å². The van der Waals surface area contributed by atoms with E-state index >= 15 is 0 Å². The standard InChI is InChI=1S/C14H19NO2/c1-4-6-11(5-2)15-10(3)13-9-12(16)7-8-14(13)17/h1,7-11,15-17H,5-6H2,2-3H3. The number of aromatic hydroxyl groups is 2. The quantitative estimate of drug-likeness (QED) is 0.541. The van der Waals surface area contributed by atoms with Gasteiger partial charge in [-0.15, -0.1) is 12.3 Å². The molecule has 1 aromatic rings. The molecule has 0 aliphatic heterocycles. The zero-order valence-electron chi connectivity index (χ0n) is 10.3. The lowest BCUT2D eigenvalue weighted by Gasteiger charge is -2.21. The van der Waals surface area contributed by atoms with Crippen molar-refractivity contribution in [1.29, 1.82) is 0 Å². The molecule has 0 aliphatic carbocycles. The maximum Gasteiger partial charge on any atom is 0.120 e. The molecule has 17 heavy (non-hydrogen) atoms. The van der Waals surface area contributed by atoms with E-state index in [1.807, 2.05) is 6.92 Å². The van der Waals surface area contributed by atoms with Crippen molar-refractivity contribution in [3.05, 3.63) is 23.8 Å². The van der Waals surface area contributed by atoms with Crippen LogP contribution in [0.3, 0.4) is 0 Å². The fraction of sp³-hybridized carbons (Fsp3) is 0.429. The molecule has 0 aromatic heterocycles. The SMILES string of the molecule is C#CCC(CC)NC(C)c1cc(O)ccc1O. The maximum atomic E-state index is 9.73. The summed E-state index contributed by atoms with van der Waals surface area (Å²) in [5, 5.41) is 22.5. The summed E-state index contributed by atoms with van der Waals surface area (Å²) in [5.74, 6) is 2.96. The number of nitrogens with one attached hydrogen (secondary N) is 1. The normalized spacial score (nSPS) is 13.9. The van der Waals surface area contributed by atoms with Gasteiger partial charge < -0.3 is 15.5 Å². The molecule has 0 saturated heterocycles. The molecular weight excluding hydrogens is 214 g/mol. The molecule has 2 unspecified atom stereocenters. The number of hydrogen-bond acceptors (Lipinski definition) is 3. The van der Waals surface area contributed by atoms with Crippen LogP contribution in [0.1, 0.15) is 38.3 Å². The molecule has 0 fully saturated rings. The van der Waals surface area contributed by atoms with Crippen molar-refractivity contribution in [2.24, 2.45) is 0 Å². The summed E-state index contributed by atoms with van der Waals surface area (Å²) in [6, 6.07) is 4.68. The first-order chi connectivity index (χ1) is 8.08. The molecule has 92 valence electrons. The zero-order valence-corrected chi connectivity index (χ0v) is 10.3. The Kier molecular flexibility index (Phi) is 4.86. The molecule has 0 bridgehead atoms. The van der Waals surface area contributed by atoms with Gasteiger partial charge in [0.25, 0.3) is 0 Å². The molecule has 0 aliphatic rings. The minimum absolute atomic E-state index is 0.0552. The number of rotatable bonds is 5. The maximum absolute atomic E-state index is 9.73. The molecule has 0 saturated carbocycles. The average molecular weight is 233 g/mol. The van der Waals surface area contributed by atoms with Gasteiger partial charge in [-0.3, -0.25) is 0 Å². The van der Waals surface area contributed by atoms with Crippen LogP contribution in [0.15, 0.2) is 18.2 Å². The second-order valence-corrected chi connectivity index (χ2v) is 4.14. The second-order valence-electron chi connectivity index (χ2n) is 4.14. The Morgan fingerprint density at radius 2 is 2.12 bits per heavy atom. The number of hydrogen-bond donors (Lipinski definition) is 3. The van der Waals surface area contributed by atoms with E-state index in [0.717, 1.165) is 6.42 Å². The highest BCUT2D eigenvalue weighted by atomic mass is 16.3. The van der Waals surface area contributed by atoms with Gasteiger partial charge in [0.2, 0.25) is 0 Å². The lowest BCUT2D eigenvalue weighted by molar-refractivity contribution is 0.415. The lowest BCUT2D eigenvalue weighted by atomic mass is 10.0. The van der Waals surface area contributed by atoms with Gasteiger partial charge in [0.1, 0.15) is 11.5 Å². The van der Waals surface area contributed by atoms with Crippen LogP contribution in [0.2, 0.25) is 0 Å². The molecule has 3 nitrogen and oxygen atoms in total. The minimum Gasteiger partial charge on any atom is -0.508 e. The molecule has 2 atom stereocenters. The van der Waals surface area contributed by atoms with Crippen molar-refractivity contribution in [3.63, 3.8) is 0 Å². The third-order valence-electron chi connectivity index (χ3n) is 2.82. The number of phenols is 2. The van der Waals surface area contributed by atoms with E-state index in [1.165, 1.54) is 12.1 Å². The Hall–Kier alpha value is -1.66. The fourth-order valence-corrected chi connectivity index (χ4v) is 1.80. The number of phenolic OH excluding ortho intramolecular Hbond substituents is 2. The third-order valence-corrected chi connectivity index (χ3v) is 2.82. The summed E-state index contributed by atoms with van der Waals surface area (Å²) in [6.07, 6.45) is 6.87. The summed E-state index contributed by atoms with van der Waals surface area (Å²) in [5.41, 5.74) is 0.681. The highest BCUT2D eigenvalue weighted by molar-refractivity contribution is 5.40. The summed E-state index contributed by atoms with van der Waals surface area (Å²) in [7, 11) is 0. The largest absolute Gasteiger partial charge is 0.508 e. The molecule has 1 aromatic carbocycles. The van der Waals surface area contributed by atoms with Crippen LogP contribution in [-0.4, -0.2) is 16.3 Å². The van der Waals surface area contributed by atoms with Gasteiger partial charge >= 0.3 is 0 Å². The van der Waals surface area contributed by atoms with Crippen molar-refractivity contribution < 1.29 is 10.2 Å². The summed E-state index contributed by atoms with van der Waals surface area (Å²) >= 11 is 0. The van der Waals surface area contributed by atoms with Gasteiger partial charge in [-0.1, -0.05) is 6.92 Å².